The number of aromatic nitrogens is 1. The van der Waals surface area contributed by atoms with Gasteiger partial charge in [0.2, 0.25) is 11.3 Å². The first-order chi connectivity index (χ1) is 20.6. The van der Waals surface area contributed by atoms with Gasteiger partial charge in [-0.25, -0.2) is 9.18 Å². The number of anilines is 1. The van der Waals surface area contributed by atoms with Crippen LogP contribution in [0.3, 0.4) is 0 Å². The van der Waals surface area contributed by atoms with Crippen molar-refractivity contribution in [3.05, 3.63) is 39.9 Å². The van der Waals surface area contributed by atoms with Gasteiger partial charge in [-0.05, 0) is 45.2 Å². The second kappa shape index (κ2) is 14.3. The first kappa shape index (κ1) is 31.8. The predicted octanol–water partition coefficient (Wildman–Crippen LogP) is 3.17. The number of amides is 3. The lowest BCUT2D eigenvalue weighted by Crippen LogP contribution is -2.56. The van der Waals surface area contributed by atoms with Crippen LogP contribution in [0.5, 0.6) is 0 Å². The summed E-state index contributed by atoms with van der Waals surface area (Å²) in [6.45, 7) is 4.93. The molecule has 12 nitrogen and oxygen atoms in total. The zero-order valence-corrected chi connectivity index (χ0v) is 24.7. The van der Waals surface area contributed by atoms with E-state index >= 15 is 4.39 Å². The van der Waals surface area contributed by atoms with Crippen LogP contribution in [0.15, 0.2) is 23.1 Å². The Morgan fingerprint density at radius 2 is 1.72 bits per heavy atom. The number of aryl methyl sites for hydroxylation is 1. The molecule has 1 aromatic heterocycles. The molecule has 0 spiro atoms. The van der Waals surface area contributed by atoms with E-state index in [1.807, 2.05) is 6.92 Å². The van der Waals surface area contributed by atoms with E-state index in [2.05, 4.69) is 10.6 Å². The quantitative estimate of drug-likeness (QED) is 0.376. The minimum Gasteiger partial charge on any atom is -0.481 e. The monoisotopic (exact) mass is 601 g/mol. The summed E-state index contributed by atoms with van der Waals surface area (Å²) in [5, 5.41) is 15.1. The maximum Gasteiger partial charge on any atom is 0.409 e. The number of aliphatic carboxylic acids is 1. The van der Waals surface area contributed by atoms with Crippen LogP contribution < -0.4 is 16.1 Å². The molecule has 43 heavy (non-hydrogen) atoms. The van der Waals surface area contributed by atoms with Crippen LogP contribution >= 0.6 is 0 Å². The molecule has 0 unspecified atom stereocenters. The molecular formula is C30H40FN5O7. The smallest absolute Gasteiger partial charge is 0.409 e. The zero-order chi connectivity index (χ0) is 31.1. The number of rotatable bonds is 10. The van der Waals surface area contributed by atoms with Crippen LogP contribution in [0.1, 0.15) is 69.2 Å². The Labute approximate surface area is 249 Å². The highest BCUT2D eigenvalue weighted by Gasteiger charge is 2.31. The molecule has 1 aliphatic heterocycles. The molecule has 2 aliphatic rings. The molecule has 0 bridgehead atoms. The second-order valence-electron chi connectivity index (χ2n) is 11.0. The second-order valence-corrected chi connectivity index (χ2v) is 11.0. The molecular weight excluding hydrogens is 561 g/mol. The molecule has 2 aromatic rings. The molecule has 234 valence electrons. The maximum absolute atomic E-state index is 15.2. The number of pyridine rings is 1. The van der Waals surface area contributed by atoms with Crippen molar-refractivity contribution in [1.29, 1.82) is 0 Å². The highest BCUT2D eigenvalue weighted by Crippen LogP contribution is 2.26. The summed E-state index contributed by atoms with van der Waals surface area (Å²) >= 11 is 0. The minimum atomic E-state index is -1.22. The fraction of sp³-hybridized carbons (Fsp3) is 0.567. The number of carbonyl (C=O) groups is 4. The number of carboxylic acid groups (broad SMARTS) is 1. The number of piperazine rings is 1. The van der Waals surface area contributed by atoms with E-state index in [1.165, 1.54) is 16.0 Å². The van der Waals surface area contributed by atoms with Gasteiger partial charge in [0.1, 0.15) is 17.4 Å². The number of halogens is 1. The van der Waals surface area contributed by atoms with Gasteiger partial charge in [-0.15, -0.1) is 0 Å². The molecule has 3 N–H and O–H groups in total. The molecule has 1 aromatic carbocycles. The summed E-state index contributed by atoms with van der Waals surface area (Å²) in [5.74, 6) is -3.11. The molecule has 4 rings (SSSR count). The average Bonchev–Trinajstić information content (AvgIpc) is 3.00. The highest BCUT2D eigenvalue weighted by molar-refractivity contribution is 6.00. The predicted molar refractivity (Wildman–Crippen MR) is 158 cm³/mol. The standard InChI is InChI=1S/C30H40FN5O7/c1-3-34-18-21(27(39)20-16-22(31)24(17-25(20)34)32-19-8-6-5-7-9-19)28(40)33-23(10-11-26(37)38)29(41)35-12-14-36(15-13-35)30(42)43-4-2/h16-19,23,32H,3-15H2,1-2H3,(H,33,40)(H,37,38)/t23-/m0/s1. The number of carboxylic acids is 1. The topological polar surface area (TPSA) is 150 Å². The lowest BCUT2D eigenvalue weighted by molar-refractivity contribution is -0.138. The SMILES string of the molecule is CCOC(=O)N1CCN(C(=O)[C@H](CCC(=O)O)NC(=O)c2cn(CC)c3cc(NC4CCCCC4)c(F)cc3c2=O)CC1. The number of hydrogen-bond donors (Lipinski definition) is 3. The van der Waals surface area contributed by atoms with Crippen LogP contribution in [0.4, 0.5) is 14.9 Å². The molecule has 3 amide bonds. The lowest BCUT2D eigenvalue weighted by atomic mass is 9.95. The summed E-state index contributed by atoms with van der Waals surface area (Å²) in [4.78, 5) is 66.5. The fourth-order valence-electron chi connectivity index (χ4n) is 5.72. The number of nitrogens with one attached hydrogen (secondary N) is 2. The van der Waals surface area contributed by atoms with Crippen molar-refractivity contribution in [1.82, 2.24) is 19.7 Å². The van der Waals surface area contributed by atoms with Gasteiger partial charge < -0.3 is 34.8 Å². The van der Waals surface area contributed by atoms with Crippen molar-refractivity contribution >= 4 is 40.5 Å². The Balaban J connectivity index is 1.56. The van der Waals surface area contributed by atoms with E-state index < -0.39 is 47.6 Å². The van der Waals surface area contributed by atoms with E-state index in [0.717, 1.165) is 38.2 Å². The molecule has 0 radical (unpaired) electrons. The van der Waals surface area contributed by atoms with Gasteiger partial charge in [0, 0.05) is 56.8 Å². The van der Waals surface area contributed by atoms with Crippen molar-refractivity contribution in [2.24, 2.45) is 0 Å². The Morgan fingerprint density at radius 3 is 2.35 bits per heavy atom. The van der Waals surface area contributed by atoms with Crippen LogP contribution in [0.2, 0.25) is 0 Å². The van der Waals surface area contributed by atoms with E-state index in [9.17, 15) is 29.1 Å². The van der Waals surface area contributed by atoms with Crippen molar-refractivity contribution < 1.29 is 33.4 Å². The van der Waals surface area contributed by atoms with Crippen LogP contribution in [-0.2, 0) is 20.9 Å². The fourth-order valence-corrected chi connectivity index (χ4v) is 5.72. The van der Waals surface area contributed by atoms with Gasteiger partial charge in [-0.1, -0.05) is 19.3 Å². The molecule has 2 heterocycles. The molecule has 13 heteroatoms. The van der Waals surface area contributed by atoms with Crippen molar-refractivity contribution in [3.8, 4) is 0 Å². The van der Waals surface area contributed by atoms with E-state index in [0.29, 0.717) is 17.7 Å². The molecule has 1 saturated carbocycles. The molecule has 1 aliphatic carbocycles. The van der Waals surface area contributed by atoms with Crippen LogP contribution in [0.25, 0.3) is 10.9 Å². The Kier molecular flexibility index (Phi) is 10.6. The van der Waals surface area contributed by atoms with Gasteiger partial charge in [0.15, 0.2) is 0 Å². The van der Waals surface area contributed by atoms with Crippen molar-refractivity contribution in [3.63, 3.8) is 0 Å². The lowest BCUT2D eigenvalue weighted by Gasteiger charge is -2.36. The number of hydrogen-bond acceptors (Lipinski definition) is 7. The van der Waals surface area contributed by atoms with Crippen molar-refractivity contribution in [2.45, 2.75) is 77.4 Å². The number of benzene rings is 1. The normalized spacial score (nSPS) is 16.5. The molecule has 1 atom stereocenters. The van der Waals surface area contributed by atoms with Gasteiger partial charge in [0.05, 0.1) is 17.8 Å². The summed E-state index contributed by atoms with van der Waals surface area (Å²) in [5.41, 5.74) is -0.183. The van der Waals surface area contributed by atoms with Crippen molar-refractivity contribution in [2.75, 3.05) is 38.1 Å². The number of ether oxygens (including phenoxy) is 1. The third-order valence-corrected chi connectivity index (χ3v) is 8.09. The zero-order valence-electron chi connectivity index (χ0n) is 24.7. The first-order valence-corrected chi connectivity index (χ1v) is 15.0. The molecule has 1 saturated heterocycles. The largest absolute Gasteiger partial charge is 0.481 e. The Bertz CT molecular complexity index is 1410. The highest BCUT2D eigenvalue weighted by atomic mass is 19.1. The third-order valence-electron chi connectivity index (χ3n) is 8.09. The average molecular weight is 602 g/mol. The number of fused-ring (bicyclic) bond motifs is 1. The summed E-state index contributed by atoms with van der Waals surface area (Å²) in [7, 11) is 0. The Morgan fingerprint density at radius 1 is 1.05 bits per heavy atom. The van der Waals surface area contributed by atoms with Gasteiger partial charge in [-0.3, -0.25) is 19.2 Å². The molecule has 2 fully saturated rings. The van der Waals surface area contributed by atoms with Gasteiger partial charge in [0.25, 0.3) is 5.91 Å². The third kappa shape index (κ3) is 7.63. The first-order valence-electron chi connectivity index (χ1n) is 15.0. The number of nitrogens with zero attached hydrogens (tertiary/aromatic N) is 3. The summed E-state index contributed by atoms with van der Waals surface area (Å²) < 4.78 is 21.9. The minimum absolute atomic E-state index is 0.0321. The van der Waals surface area contributed by atoms with E-state index in [1.54, 1.807) is 17.6 Å². The van der Waals surface area contributed by atoms with Gasteiger partial charge >= 0.3 is 12.1 Å². The summed E-state index contributed by atoms with van der Waals surface area (Å²) in [6, 6.07) is 1.67. The maximum atomic E-state index is 15.2. The van der Waals surface area contributed by atoms with E-state index in [-0.39, 0.29) is 56.2 Å². The Hall–Kier alpha value is -4.16. The van der Waals surface area contributed by atoms with Crippen LogP contribution in [-0.4, -0.2) is 88.2 Å². The van der Waals surface area contributed by atoms with E-state index in [4.69, 9.17) is 4.74 Å². The summed E-state index contributed by atoms with van der Waals surface area (Å²) in [6.07, 6.45) is 5.51. The van der Waals surface area contributed by atoms with Gasteiger partial charge in [-0.2, -0.15) is 0 Å². The van der Waals surface area contributed by atoms with Crippen LogP contribution in [0, 0.1) is 5.82 Å². The number of carbonyl (C=O) groups excluding carboxylic acids is 3.